The number of anilines is 1. The molecule has 6 heteroatoms. The summed E-state index contributed by atoms with van der Waals surface area (Å²) in [5, 5.41) is 14.7. The standard InChI is InChI=1S/C15H17BrN2O3/c16-11-3-1-2-10(13(19)20)12(11)18-14(21)17-8-15(6-7-15)9-4-5-9/h1-3,9H,4-8H2,(H,19,20)(H2,17,18,21). The van der Waals surface area contributed by atoms with Crippen molar-refractivity contribution in [3.8, 4) is 0 Å². The molecule has 112 valence electrons. The molecule has 0 spiro atoms. The number of hydrogen-bond acceptors (Lipinski definition) is 2. The van der Waals surface area contributed by atoms with Crippen molar-refractivity contribution in [1.29, 1.82) is 0 Å². The van der Waals surface area contributed by atoms with Gasteiger partial charge in [-0.05, 0) is 65.1 Å². The lowest BCUT2D eigenvalue weighted by Crippen LogP contribution is -2.35. The van der Waals surface area contributed by atoms with E-state index in [0.717, 1.165) is 5.92 Å². The van der Waals surface area contributed by atoms with Gasteiger partial charge in [-0.15, -0.1) is 0 Å². The largest absolute Gasteiger partial charge is 0.478 e. The first-order chi connectivity index (χ1) is 10.0. The van der Waals surface area contributed by atoms with Crippen molar-refractivity contribution < 1.29 is 14.7 Å². The van der Waals surface area contributed by atoms with E-state index in [1.165, 1.54) is 31.7 Å². The summed E-state index contributed by atoms with van der Waals surface area (Å²) in [6, 6.07) is 4.45. The molecular weight excluding hydrogens is 336 g/mol. The minimum absolute atomic E-state index is 0.0721. The van der Waals surface area contributed by atoms with Crippen molar-refractivity contribution >= 4 is 33.6 Å². The van der Waals surface area contributed by atoms with Crippen LogP contribution in [0.15, 0.2) is 22.7 Å². The van der Waals surface area contributed by atoms with E-state index >= 15 is 0 Å². The van der Waals surface area contributed by atoms with Crippen LogP contribution in [-0.4, -0.2) is 23.7 Å². The van der Waals surface area contributed by atoms with Crippen LogP contribution in [-0.2, 0) is 0 Å². The highest BCUT2D eigenvalue weighted by Gasteiger charge is 2.53. The Morgan fingerprint density at radius 3 is 2.62 bits per heavy atom. The van der Waals surface area contributed by atoms with Crippen molar-refractivity contribution in [2.75, 3.05) is 11.9 Å². The number of benzene rings is 1. The maximum absolute atomic E-state index is 12.0. The molecule has 0 radical (unpaired) electrons. The zero-order valence-corrected chi connectivity index (χ0v) is 13.1. The van der Waals surface area contributed by atoms with Gasteiger partial charge in [0.05, 0.1) is 11.3 Å². The minimum Gasteiger partial charge on any atom is -0.478 e. The normalized spacial score (nSPS) is 18.9. The predicted molar refractivity (Wildman–Crippen MR) is 82.5 cm³/mol. The third-order valence-electron chi connectivity index (χ3n) is 4.42. The predicted octanol–water partition coefficient (Wildman–Crippen LogP) is 3.46. The Hall–Kier alpha value is -1.56. The highest BCUT2D eigenvalue weighted by molar-refractivity contribution is 9.10. The summed E-state index contributed by atoms with van der Waals surface area (Å²) in [7, 11) is 0. The van der Waals surface area contributed by atoms with E-state index in [2.05, 4.69) is 26.6 Å². The Kier molecular flexibility index (Phi) is 3.65. The summed E-state index contributed by atoms with van der Waals surface area (Å²) in [6.07, 6.45) is 4.92. The van der Waals surface area contributed by atoms with Gasteiger partial charge in [-0.2, -0.15) is 0 Å². The molecule has 1 aromatic rings. The van der Waals surface area contributed by atoms with Gasteiger partial charge in [0.15, 0.2) is 0 Å². The number of para-hydroxylation sites is 1. The molecule has 5 nitrogen and oxygen atoms in total. The summed E-state index contributed by atoms with van der Waals surface area (Å²) < 4.78 is 0.556. The van der Waals surface area contributed by atoms with Crippen molar-refractivity contribution in [2.45, 2.75) is 25.7 Å². The minimum atomic E-state index is -1.07. The van der Waals surface area contributed by atoms with Crippen molar-refractivity contribution in [2.24, 2.45) is 11.3 Å². The Morgan fingerprint density at radius 2 is 2.05 bits per heavy atom. The van der Waals surface area contributed by atoms with E-state index in [-0.39, 0.29) is 11.6 Å². The topological polar surface area (TPSA) is 78.4 Å². The summed E-state index contributed by atoms with van der Waals surface area (Å²) in [6.45, 7) is 0.677. The van der Waals surface area contributed by atoms with Crippen LogP contribution in [0.3, 0.4) is 0 Å². The van der Waals surface area contributed by atoms with Gasteiger partial charge in [0.25, 0.3) is 0 Å². The Morgan fingerprint density at radius 1 is 1.33 bits per heavy atom. The van der Waals surface area contributed by atoms with Gasteiger partial charge >= 0.3 is 12.0 Å². The molecular formula is C15H17BrN2O3. The lowest BCUT2D eigenvalue weighted by molar-refractivity contribution is 0.0698. The van der Waals surface area contributed by atoms with Gasteiger partial charge in [0.1, 0.15) is 0 Å². The molecule has 0 aromatic heterocycles. The van der Waals surface area contributed by atoms with Gasteiger partial charge in [0, 0.05) is 11.0 Å². The van der Waals surface area contributed by atoms with E-state index < -0.39 is 5.97 Å². The average Bonchev–Trinajstić information content (AvgIpc) is 3.31. The Balaban J connectivity index is 1.63. The fourth-order valence-electron chi connectivity index (χ4n) is 2.83. The van der Waals surface area contributed by atoms with Crippen LogP contribution >= 0.6 is 15.9 Å². The number of carboxylic acids is 1. The molecule has 2 aliphatic carbocycles. The van der Waals surface area contributed by atoms with E-state index in [0.29, 0.717) is 22.1 Å². The van der Waals surface area contributed by atoms with Crippen molar-refractivity contribution in [3.05, 3.63) is 28.2 Å². The van der Waals surface area contributed by atoms with Crippen LogP contribution in [0.25, 0.3) is 0 Å². The molecule has 0 aliphatic heterocycles. The molecule has 0 saturated heterocycles. The van der Waals surface area contributed by atoms with E-state index in [4.69, 9.17) is 5.11 Å². The first kappa shape index (κ1) is 14.4. The molecule has 0 heterocycles. The van der Waals surface area contributed by atoms with Gasteiger partial charge in [-0.3, -0.25) is 0 Å². The zero-order valence-electron chi connectivity index (χ0n) is 11.5. The number of carboxylic acid groups (broad SMARTS) is 1. The second-order valence-electron chi connectivity index (χ2n) is 5.91. The van der Waals surface area contributed by atoms with Crippen molar-refractivity contribution in [1.82, 2.24) is 5.32 Å². The second kappa shape index (κ2) is 5.33. The molecule has 0 atom stereocenters. The van der Waals surface area contributed by atoms with Crippen LogP contribution in [0, 0.1) is 11.3 Å². The number of nitrogens with one attached hydrogen (secondary N) is 2. The number of urea groups is 1. The van der Waals surface area contributed by atoms with Crippen LogP contribution in [0.5, 0.6) is 0 Å². The quantitative estimate of drug-likeness (QED) is 0.759. The number of hydrogen-bond donors (Lipinski definition) is 3. The molecule has 2 saturated carbocycles. The summed E-state index contributed by atoms with van der Waals surface area (Å²) in [4.78, 5) is 23.2. The van der Waals surface area contributed by atoms with Crippen LogP contribution in [0.1, 0.15) is 36.0 Å². The number of rotatable bonds is 5. The maximum atomic E-state index is 12.0. The summed E-state index contributed by atoms with van der Waals surface area (Å²) in [5.41, 5.74) is 0.683. The Labute approximate surface area is 131 Å². The monoisotopic (exact) mass is 352 g/mol. The van der Waals surface area contributed by atoms with Crippen molar-refractivity contribution in [3.63, 3.8) is 0 Å². The van der Waals surface area contributed by atoms with Crippen LogP contribution in [0.4, 0.5) is 10.5 Å². The molecule has 0 unspecified atom stereocenters. The van der Waals surface area contributed by atoms with E-state index in [1.807, 2.05) is 0 Å². The number of carbonyl (C=O) groups is 2. The molecule has 2 fully saturated rings. The molecule has 1 aromatic carbocycles. The highest BCUT2D eigenvalue weighted by atomic mass is 79.9. The van der Waals surface area contributed by atoms with E-state index in [9.17, 15) is 9.59 Å². The molecule has 21 heavy (non-hydrogen) atoms. The smallest absolute Gasteiger partial charge is 0.337 e. The number of halogens is 1. The SMILES string of the molecule is O=C(NCC1(C2CC2)CC1)Nc1c(Br)cccc1C(=O)O. The van der Waals surface area contributed by atoms with E-state index in [1.54, 1.807) is 12.1 Å². The summed E-state index contributed by atoms with van der Waals surface area (Å²) >= 11 is 3.27. The number of aromatic carboxylic acids is 1. The second-order valence-corrected chi connectivity index (χ2v) is 6.77. The highest BCUT2D eigenvalue weighted by Crippen LogP contribution is 2.60. The molecule has 3 rings (SSSR count). The fourth-order valence-corrected chi connectivity index (χ4v) is 3.29. The Bertz CT molecular complexity index is 595. The van der Waals surface area contributed by atoms with Crippen LogP contribution in [0.2, 0.25) is 0 Å². The van der Waals surface area contributed by atoms with Gasteiger partial charge < -0.3 is 15.7 Å². The zero-order chi connectivity index (χ0) is 15.0. The van der Waals surface area contributed by atoms with Gasteiger partial charge in [0.2, 0.25) is 0 Å². The molecule has 0 bridgehead atoms. The van der Waals surface area contributed by atoms with Gasteiger partial charge in [-0.25, -0.2) is 9.59 Å². The average molecular weight is 353 g/mol. The molecule has 3 N–H and O–H groups in total. The van der Waals surface area contributed by atoms with Crippen LogP contribution < -0.4 is 10.6 Å². The lowest BCUT2D eigenvalue weighted by Gasteiger charge is -2.16. The first-order valence-corrected chi connectivity index (χ1v) is 7.88. The number of carbonyl (C=O) groups excluding carboxylic acids is 1. The molecule has 2 aliphatic rings. The van der Waals surface area contributed by atoms with Gasteiger partial charge in [-0.1, -0.05) is 6.07 Å². The fraction of sp³-hybridized carbons (Fsp3) is 0.467. The summed E-state index contributed by atoms with van der Waals surface area (Å²) in [5.74, 6) is -0.293. The molecule has 2 amide bonds. The first-order valence-electron chi connectivity index (χ1n) is 7.08. The lowest BCUT2D eigenvalue weighted by atomic mass is 10.0. The maximum Gasteiger partial charge on any atom is 0.337 e. The number of amides is 2. The third kappa shape index (κ3) is 3.05. The third-order valence-corrected chi connectivity index (χ3v) is 5.08.